The largest absolute Gasteiger partial charge is 0.363 e. The highest BCUT2D eigenvalue weighted by atomic mass is 32.1. The molecule has 0 spiro atoms. The minimum atomic E-state index is 0.0430. The molecule has 0 atom stereocenters. The zero-order valence-electron chi connectivity index (χ0n) is 14.2. The van der Waals surface area contributed by atoms with Crippen LogP contribution >= 0.6 is 12.2 Å². The second-order valence-corrected chi connectivity index (χ2v) is 6.28. The van der Waals surface area contributed by atoms with Gasteiger partial charge in [-0.1, -0.05) is 12.1 Å². The monoisotopic (exact) mass is 334 g/mol. The topological polar surface area (TPSA) is 47.6 Å². The zero-order valence-corrected chi connectivity index (χ0v) is 15.0. The lowest BCUT2D eigenvalue weighted by molar-refractivity contribution is -0.117. The summed E-state index contributed by atoms with van der Waals surface area (Å²) in [5, 5.41) is 7.01. The Balaban J connectivity index is 1.81. The first-order valence-corrected chi connectivity index (χ1v) is 8.53. The van der Waals surface area contributed by atoms with E-state index >= 15 is 0 Å². The Labute approximate surface area is 144 Å². The van der Waals surface area contributed by atoms with Gasteiger partial charge in [0.2, 0.25) is 5.91 Å². The second-order valence-electron chi connectivity index (χ2n) is 5.89. The van der Waals surface area contributed by atoms with E-state index in [4.69, 9.17) is 12.2 Å². The molecule has 23 heavy (non-hydrogen) atoms. The van der Waals surface area contributed by atoms with Gasteiger partial charge in [0.25, 0.3) is 0 Å². The summed E-state index contributed by atoms with van der Waals surface area (Å²) >= 11 is 5.33. The van der Waals surface area contributed by atoms with Crippen molar-refractivity contribution in [1.82, 2.24) is 15.1 Å². The Morgan fingerprint density at radius 1 is 1.22 bits per heavy atom. The summed E-state index contributed by atoms with van der Waals surface area (Å²) in [5.41, 5.74) is 3.22. The van der Waals surface area contributed by atoms with Crippen molar-refractivity contribution in [2.45, 2.75) is 20.8 Å². The lowest BCUT2D eigenvalue weighted by Crippen LogP contribution is -2.52. The van der Waals surface area contributed by atoms with E-state index in [1.807, 2.05) is 26.0 Å². The lowest BCUT2D eigenvalue weighted by atomic mass is 10.1. The summed E-state index contributed by atoms with van der Waals surface area (Å²) in [6.45, 7) is 10.8. The van der Waals surface area contributed by atoms with Crippen LogP contribution in [0.1, 0.15) is 18.1 Å². The average molecular weight is 334 g/mol. The number of carbonyl (C=O) groups excluding carboxylic acids is 1. The number of rotatable bonds is 4. The van der Waals surface area contributed by atoms with Gasteiger partial charge < -0.3 is 15.5 Å². The first-order chi connectivity index (χ1) is 11.0. The summed E-state index contributed by atoms with van der Waals surface area (Å²) in [6, 6.07) is 5.98. The first kappa shape index (κ1) is 17.7. The number of nitrogens with zero attached hydrogens (tertiary/aromatic N) is 2. The summed E-state index contributed by atoms with van der Waals surface area (Å²) < 4.78 is 0. The van der Waals surface area contributed by atoms with Gasteiger partial charge in [-0.25, -0.2) is 0 Å². The number of nitrogens with one attached hydrogen (secondary N) is 2. The summed E-state index contributed by atoms with van der Waals surface area (Å²) in [5.74, 6) is 0.0430. The highest BCUT2D eigenvalue weighted by Crippen LogP contribution is 2.17. The van der Waals surface area contributed by atoms with Crippen LogP contribution in [-0.4, -0.2) is 60.1 Å². The number of hydrogen-bond donors (Lipinski definition) is 2. The molecule has 1 saturated heterocycles. The molecule has 2 N–H and O–H groups in total. The van der Waals surface area contributed by atoms with Crippen molar-refractivity contribution in [1.29, 1.82) is 0 Å². The molecule has 0 aromatic heterocycles. The molecule has 126 valence electrons. The zero-order chi connectivity index (χ0) is 16.8. The van der Waals surface area contributed by atoms with Crippen molar-refractivity contribution in [3.63, 3.8) is 0 Å². The molecule has 1 heterocycles. The van der Waals surface area contributed by atoms with E-state index in [2.05, 4.69) is 33.4 Å². The third kappa shape index (κ3) is 4.91. The molecule has 0 bridgehead atoms. The van der Waals surface area contributed by atoms with Crippen molar-refractivity contribution in [2.75, 3.05) is 44.6 Å². The molecule has 1 aliphatic heterocycles. The van der Waals surface area contributed by atoms with E-state index in [0.717, 1.165) is 49.1 Å². The number of aryl methyl sites for hydroxylation is 1. The van der Waals surface area contributed by atoms with Gasteiger partial charge >= 0.3 is 0 Å². The molecule has 1 aromatic carbocycles. The summed E-state index contributed by atoms with van der Waals surface area (Å²) in [6.07, 6.45) is 0. The normalized spacial score (nSPS) is 15.3. The lowest BCUT2D eigenvalue weighted by Gasteiger charge is -2.35. The van der Waals surface area contributed by atoms with E-state index in [1.54, 1.807) is 0 Å². The van der Waals surface area contributed by atoms with Gasteiger partial charge in [-0.2, -0.15) is 0 Å². The molecule has 0 saturated carbocycles. The van der Waals surface area contributed by atoms with Crippen molar-refractivity contribution in [3.05, 3.63) is 29.3 Å². The molecular weight excluding hydrogens is 308 g/mol. The van der Waals surface area contributed by atoms with Crippen LogP contribution in [0.25, 0.3) is 0 Å². The highest BCUT2D eigenvalue weighted by molar-refractivity contribution is 7.80. The SMILES string of the molecule is CCNC(=S)N1CCN(CC(=O)Nc2cccc(C)c2C)CC1. The number of amides is 1. The number of anilines is 1. The van der Waals surface area contributed by atoms with Gasteiger partial charge in [0.1, 0.15) is 0 Å². The van der Waals surface area contributed by atoms with Gasteiger partial charge in [0.05, 0.1) is 6.54 Å². The van der Waals surface area contributed by atoms with Gasteiger partial charge in [-0.05, 0) is 50.2 Å². The molecule has 1 aliphatic rings. The third-order valence-electron chi connectivity index (χ3n) is 4.23. The number of piperazine rings is 1. The Hall–Kier alpha value is -1.66. The molecule has 1 amide bonds. The molecule has 1 fully saturated rings. The van der Waals surface area contributed by atoms with Gasteiger partial charge in [0.15, 0.2) is 5.11 Å². The van der Waals surface area contributed by atoms with Crippen LogP contribution < -0.4 is 10.6 Å². The minimum Gasteiger partial charge on any atom is -0.363 e. The van der Waals surface area contributed by atoms with Gasteiger partial charge in [0, 0.05) is 38.4 Å². The fourth-order valence-electron chi connectivity index (χ4n) is 2.65. The van der Waals surface area contributed by atoms with Crippen molar-refractivity contribution >= 4 is 28.9 Å². The molecule has 1 aromatic rings. The van der Waals surface area contributed by atoms with Gasteiger partial charge in [-0.15, -0.1) is 0 Å². The Bertz CT molecular complexity index is 568. The molecule has 0 radical (unpaired) electrons. The number of hydrogen-bond acceptors (Lipinski definition) is 3. The van der Waals surface area contributed by atoms with Crippen LogP contribution in [0.3, 0.4) is 0 Å². The predicted molar refractivity (Wildman–Crippen MR) is 98.8 cm³/mol. The first-order valence-electron chi connectivity index (χ1n) is 8.12. The molecule has 2 rings (SSSR count). The highest BCUT2D eigenvalue weighted by Gasteiger charge is 2.20. The predicted octanol–water partition coefficient (Wildman–Crippen LogP) is 1.75. The standard InChI is InChI=1S/C17H26N4OS/c1-4-18-17(23)21-10-8-20(9-11-21)12-16(22)19-15-7-5-6-13(2)14(15)3/h5-7H,4,8-12H2,1-3H3,(H,18,23)(H,19,22). The maximum Gasteiger partial charge on any atom is 0.238 e. The molecular formula is C17H26N4OS. The number of thiocarbonyl (C=S) groups is 1. The number of carbonyl (C=O) groups is 1. The van der Waals surface area contributed by atoms with Crippen LogP contribution in [0.4, 0.5) is 5.69 Å². The van der Waals surface area contributed by atoms with Crippen LogP contribution in [-0.2, 0) is 4.79 Å². The maximum absolute atomic E-state index is 12.3. The maximum atomic E-state index is 12.3. The van der Waals surface area contributed by atoms with E-state index in [1.165, 1.54) is 5.56 Å². The van der Waals surface area contributed by atoms with Crippen molar-refractivity contribution in [2.24, 2.45) is 0 Å². The summed E-state index contributed by atoms with van der Waals surface area (Å²) in [4.78, 5) is 16.6. The van der Waals surface area contributed by atoms with Crippen molar-refractivity contribution in [3.8, 4) is 0 Å². The van der Waals surface area contributed by atoms with E-state index < -0.39 is 0 Å². The molecule has 0 unspecified atom stereocenters. The quantitative estimate of drug-likeness (QED) is 0.822. The average Bonchev–Trinajstić information content (AvgIpc) is 2.53. The van der Waals surface area contributed by atoms with Crippen LogP contribution in [0.15, 0.2) is 18.2 Å². The fourth-order valence-corrected chi connectivity index (χ4v) is 2.98. The fraction of sp³-hybridized carbons (Fsp3) is 0.529. The third-order valence-corrected chi connectivity index (χ3v) is 4.64. The van der Waals surface area contributed by atoms with Gasteiger partial charge in [-0.3, -0.25) is 9.69 Å². The van der Waals surface area contributed by atoms with Crippen LogP contribution in [0.5, 0.6) is 0 Å². The van der Waals surface area contributed by atoms with E-state index in [0.29, 0.717) is 6.54 Å². The molecule has 0 aliphatic carbocycles. The van der Waals surface area contributed by atoms with Crippen LogP contribution in [0, 0.1) is 13.8 Å². The second kappa shape index (κ2) is 8.26. The van der Waals surface area contributed by atoms with Crippen LogP contribution in [0.2, 0.25) is 0 Å². The molecule has 6 heteroatoms. The Kier molecular flexibility index (Phi) is 6.36. The van der Waals surface area contributed by atoms with E-state index in [9.17, 15) is 4.79 Å². The van der Waals surface area contributed by atoms with Crippen molar-refractivity contribution < 1.29 is 4.79 Å². The Morgan fingerprint density at radius 2 is 1.91 bits per heavy atom. The number of benzene rings is 1. The molecule has 5 nitrogen and oxygen atoms in total. The Morgan fingerprint density at radius 3 is 2.57 bits per heavy atom. The summed E-state index contributed by atoms with van der Waals surface area (Å²) in [7, 11) is 0. The minimum absolute atomic E-state index is 0.0430. The van der Waals surface area contributed by atoms with E-state index in [-0.39, 0.29) is 5.91 Å². The smallest absolute Gasteiger partial charge is 0.238 e.